The van der Waals surface area contributed by atoms with Crippen molar-refractivity contribution in [3.8, 4) is 5.75 Å². The second kappa shape index (κ2) is 4.44. The van der Waals surface area contributed by atoms with Crippen molar-refractivity contribution in [3.05, 3.63) is 54.1 Å². The summed E-state index contributed by atoms with van der Waals surface area (Å²) in [5, 5.41) is 9.22. The highest BCUT2D eigenvalue weighted by Crippen LogP contribution is 2.12. The van der Waals surface area contributed by atoms with E-state index in [2.05, 4.69) is 9.97 Å². The van der Waals surface area contributed by atoms with E-state index in [0.717, 1.165) is 0 Å². The number of nitrogens with zero attached hydrogens (tertiary/aromatic N) is 1. The van der Waals surface area contributed by atoms with Gasteiger partial charge in [-0.1, -0.05) is 12.1 Å². The third-order valence-electron chi connectivity index (χ3n) is 2.04. The number of carbonyl (C=O) groups is 1. The van der Waals surface area contributed by atoms with Crippen molar-refractivity contribution in [2.75, 3.05) is 0 Å². The number of aromatic hydroxyl groups is 1. The van der Waals surface area contributed by atoms with Crippen molar-refractivity contribution in [2.24, 2.45) is 0 Å². The van der Waals surface area contributed by atoms with Crippen LogP contribution in [0.3, 0.4) is 0 Å². The fourth-order valence-electron chi connectivity index (χ4n) is 1.28. The summed E-state index contributed by atoms with van der Waals surface area (Å²) in [6, 6.07) is 6.22. The molecule has 2 aromatic rings. The summed E-state index contributed by atoms with van der Waals surface area (Å²) < 4.78 is 0. The van der Waals surface area contributed by atoms with Crippen molar-refractivity contribution in [1.29, 1.82) is 0 Å². The van der Waals surface area contributed by atoms with E-state index in [1.54, 1.807) is 30.6 Å². The highest BCUT2D eigenvalue weighted by atomic mass is 16.3. The smallest absolute Gasteiger partial charge is 0.186 e. The van der Waals surface area contributed by atoms with Crippen LogP contribution in [-0.4, -0.2) is 20.9 Å². The number of phenols is 1. The molecule has 4 heteroatoms. The van der Waals surface area contributed by atoms with Crippen LogP contribution in [0.4, 0.5) is 0 Å². The number of aromatic amines is 1. The number of rotatable bonds is 3. The van der Waals surface area contributed by atoms with Crippen molar-refractivity contribution in [3.63, 3.8) is 0 Å². The molecule has 0 unspecified atom stereocenters. The zero-order valence-corrected chi connectivity index (χ0v) is 8.42. The van der Waals surface area contributed by atoms with Crippen molar-refractivity contribution < 1.29 is 9.90 Å². The summed E-state index contributed by atoms with van der Waals surface area (Å²) in [6.07, 6.45) is 6.29. The first kappa shape index (κ1) is 10.2. The molecule has 2 N–H and O–H groups in total. The summed E-state index contributed by atoms with van der Waals surface area (Å²) >= 11 is 0. The first-order valence-electron chi connectivity index (χ1n) is 4.76. The number of ketones is 1. The van der Waals surface area contributed by atoms with Crippen LogP contribution < -0.4 is 0 Å². The average Bonchev–Trinajstić information content (AvgIpc) is 2.78. The van der Waals surface area contributed by atoms with Crippen molar-refractivity contribution >= 4 is 11.9 Å². The Morgan fingerprint density at radius 2 is 2.31 bits per heavy atom. The molecule has 0 aliphatic rings. The minimum absolute atomic E-state index is 0.0808. The third kappa shape index (κ3) is 2.36. The van der Waals surface area contributed by atoms with Gasteiger partial charge in [0.15, 0.2) is 5.78 Å². The molecule has 0 amide bonds. The van der Waals surface area contributed by atoms with Gasteiger partial charge in [0.05, 0.1) is 0 Å². The van der Waals surface area contributed by atoms with Crippen molar-refractivity contribution in [2.45, 2.75) is 0 Å². The molecule has 0 spiro atoms. The van der Waals surface area contributed by atoms with E-state index in [9.17, 15) is 9.90 Å². The topological polar surface area (TPSA) is 66.0 Å². The molecule has 0 saturated carbocycles. The molecule has 1 heterocycles. The maximum atomic E-state index is 11.7. The van der Waals surface area contributed by atoms with Crippen LogP contribution in [0.5, 0.6) is 5.75 Å². The van der Waals surface area contributed by atoms with E-state index in [1.807, 2.05) is 0 Å². The quantitative estimate of drug-likeness (QED) is 0.606. The Morgan fingerprint density at radius 1 is 1.44 bits per heavy atom. The Hall–Kier alpha value is -2.36. The van der Waals surface area contributed by atoms with Gasteiger partial charge in [0, 0.05) is 18.0 Å². The van der Waals surface area contributed by atoms with Gasteiger partial charge in [-0.25, -0.2) is 4.98 Å². The number of H-pyrrole nitrogens is 1. The minimum Gasteiger partial charge on any atom is -0.508 e. The number of hydrogen-bond donors (Lipinski definition) is 2. The van der Waals surface area contributed by atoms with Crippen LogP contribution in [0.15, 0.2) is 42.7 Å². The van der Waals surface area contributed by atoms with Crippen LogP contribution in [0.2, 0.25) is 0 Å². The number of phenolic OH excluding ortho intramolecular Hbond substituents is 1. The Kier molecular flexibility index (Phi) is 2.82. The lowest BCUT2D eigenvalue weighted by Gasteiger charge is -1.95. The minimum atomic E-state index is -0.174. The molecule has 2 rings (SSSR count). The van der Waals surface area contributed by atoms with Crippen LogP contribution in [0.1, 0.15) is 16.2 Å². The Bertz CT molecular complexity index is 516. The van der Waals surface area contributed by atoms with Gasteiger partial charge in [0.25, 0.3) is 0 Å². The zero-order chi connectivity index (χ0) is 11.4. The predicted octanol–water partition coefficient (Wildman–Crippen LogP) is 2.01. The molecule has 0 aliphatic carbocycles. The highest BCUT2D eigenvalue weighted by Gasteiger charge is 2.02. The lowest BCUT2D eigenvalue weighted by Crippen LogP contribution is -1.93. The molecule has 4 nitrogen and oxygen atoms in total. The molecule has 16 heavy (non-hydrogen) atoms. The fourth-order valence-corrected chi connectivity index (χ4v) is 1.28. The van der Waals surface area contributed by atoms with Crippen molar-refractivity contribution in [1.82, 2.24) is 9.97 Å². The lowest BCUT2D eigenvalue weighted by molar-refractivity contribution is 0.104. The van der Waals surface area contributed by atoms with Gasteiger partial charge in [-0.3, -0.25) is 4.79 Å². The number of nitrogens with one attached hydrogen (secondary N) is 1. The summed E-state index contributed by atoms with van der Waals surface area (Å²) in [7, 11) is 0. The first-order chi connectivity index (χ1) is 7.75. The Morgan fingerprint density at radius 3 is 3.00 bits per heavy atom. The Labute approximate surface area is 92.3 Å². The summed E-state index contributed by atoms with van der Waals surface area (Å²) in [6.45, 7) is 0. The van der Waals surface area contributed by atoms with Gasteiger partial charge in [0.2, 0.25) is 0 Å². The van der Waals surface area contributed by atoms with Crippen LogP contribution >= 0.6 is 0 Å². The number of hydrogen-bond acceptors (Lipinski definition) is 3. The molecule has 1 aromatic heterocycles. The summed E-state index contributed by atoms with van der Waals surface area (Å²) in [5.74, 6) is 0.526. The number of aromatic nitrogens is 2. The maximum absolute atomic E-state index is 11.7. The summed E-state index contributed by atoms with van der Waals surface area (Å²) in [4.78, 5) is 18.5. The number of carbonyl (C=O) groups excluding carboxylic acids is 1. The second-order valence-electron chi connectivity index (χ2n) is 3.22. The SMILES string of the molecule is O=C(C=Cc1ncc[nH]1)c1cccc(O)c1. The van der Waals surface area contributed by atoms with Gasteiger partial charge in [-0.05, 0) is 24.3 Å². The van der Waals surface area contributed by atoms with E-state index < -0.39 is 0 Å². The summed E-state index contributed by atoms with van der Waals surface area (Å²) in [5.41, 5.74) is 0.447. The van der Waals surface area contributed by atoms with E-state index in [4.69, 9.17) is 0 Å². The second-order valence-corrected chi connectivity index (χ2v) is 3.22. The molecular weight excluding hydrogens is 204 g/mol. The molecule has 1 aromatic carbocycles. The molecule has 0 radical (unpaired) electrons. The van der Waals surface area contributed by atoms with E-state index in [-0.39, 0.29) is 11.5 Å². The molecule has 0 fully saturated rings. The molecule has 0 bridgehead atoms. The normalized spacial score (nSPS) is 10.8. The maximum Gasteiger partial charge on any atom is 0.186 e. The monoisotopic (exact) mass is 214 g/mol. The molecule has 80 valence electrons. The number of benzene rings is 1. The number of allylic oxidation sites excluding steroid dienone is 1. The highest BCUT2D eigenvalue weighted by molar-refractivity contribution is 6.06. The lowest BCUT2D eigenvalue weighted by atomic mass is 10.1. The Balaban J connectivity index is 2.15. The van der Waals surface area contributed by atoms with Gasteiger partial charge in [-0.15, -0.1) is 0 Å². The van der Waals surface area contributed by atoms with Gasteiger partial charge in [0.1, 0.15) is 11.6 Å². The molecular formula is C12H10N2O2. The van der Waals surface area contributed by atoms with E-state index >= 15 is 0 Å². The van der Waals surface area contributed by atoms with Crippen LogP contribution in [-0.2, 0) is 0 Å². The average molecular weight is 214 g/mol. The van der Waals surface area contributed by atoms with Gasteiger partial charge in [-0.2, -0.15) is 0 Å². The fraction of sp³-hybridized carbons (Fsp3) is 0. The number of imidazole rings is 1. The predicted molar refractivity (Wildman–Crippen MR) is 60.1 cm³/mol. The first-order valence-corrected chi connectivity index (χ1v) is 4.76. The molecule has 0 aliphatic heterocycles. The third-order valence-corrected chi connectivity index (χ3v) is 2.04. The standard InChI is InChI=1S/C12H10N2O2/c15-10-3-1-2-9(8-10)11(16)4-5-12-13-6-7-14-12/h1-8,15H,(H,13,14). The van der Waals surface area contributed by atoms with E-state index in [0.29, 0.717) is 11.4 Å². The van der Waals surface area contributed by atoms with Crippen LogP contribution in [0, 0.1) is 0 Å². The molecule has 0 atom stereocenters. The van der Waals surface area contributed by atoms with Gasteiger partial charge >= 0.3 is 0 Å². The van der Waals surface area contributed by atoms with Crippen LogP contribution in [0.25, 0.3) is 6.08 Å². The van der Waals surface area contributed by atoms with E-state index in [1.165, 1.54) is 18.2 Å². The molecule has 0 saturated heterocycles. The zero-order valence-electron chi connectivity index (χ0n) is 8.42. The largest absolute Gasteiger partial charge is 0.508 e. The van der Waals surface area contributed by atoms with Gasteiger partial charge < -0.3 is 10.1 Å².